The van der Waals surface area contributed by atoms with E-state index in [1.165, 1.54) is 0 Å². The molecular weight excluding hydrogens is 216 g/mol. The number of carbonyl (C=O) groups excluding carboxylic acids is 1. The van der Waals surface area contributed by atoms with Crippen molar-refractivity contribution >= 4 is 5.91 Å². The van der Waals surface area contributed by atoms with E-state index in [1.54, 1.807) is 0 Å². The molecule has 0 spiro atoms. The van der Waals surface area contributed by atoms with Crippen LogP contribution in [0.25, 0.3) is 0 Å². The topological polar surface area (TPSA) is 84.4 Å². The summed E-state index contributed by atoms with van der Waals surface area (Å²) >= 11 is 0. The van der Waals surface area contributed by atoms with E-state index in [0.29, 0.717) is 12.6 Å². The zero-order valence-electron chi connectivity index (χ0n) is 11.4. The second kappa shape index (κ2) is 9.39. The van der Waals surface area contributed by atoms with Crippen molar-refractivity contribution in [2.75, 3.05) is 26.2 Å². The summed E-state index contributed by atoms with van der Waals surface area (Å²) < 4.78 is 0. The lowest BCUT2D eigenvalue weighted by Gasteiger charge is -2.20. The predicted octanol–water partition coefficient (Wildman–Crippen LogP) is -0.101. The summed E-state index contributed by atoms with van der Waals surface area (Å²) in [5.74, 6) is -0.451. The first-order valence-corrected chi connectivity index (χ1v) is 6.51. The van der Waals surface area contributed by atoms with Crippen LogP contribution in [0.5, 0.6) is 0 Å². The van der Waals surface area contributed by atoms with Gasteiger partial charge in [0, 0.05) is 12.6 Å². The highest BCUT2D eigenvalue weighted by molar-refractivity contribution is 5.79. The largest absolute Gasteiger partial charge is 0.368 e. The van der Waals surface area contributed by atoms with Crippen LogP contribution in [0.1, 0.15) is 33.6 Å². The molecule has 0 bridgehead atoms. The van der Waals surface area contributed by atoms with Crippen LogP contribution in [-0.4, -0.2) is 49.1 Å². The Labute approximate surface area is 105 Å². The van der Waals surface area contributed by atoms with Gasteiger partial charge in [-0.2, -0.15) is 0 Å². The molecule has 0 aromatic carbocycles. The zero-order valence-corrected chi connectivity index (χ0v) is 11.4. The minimum Gasteiger partial charge on any atom is -0.368 e. The van der Waals surface area contributed by atoms with Crippen LogP contribution in [-0.2, 0) is 4.79 Å². The Morgan fingerprint density at radius 1 is 1.35 bits per heavy atom. The van der Waals surface area contributed by atoms with Gasteiger partial charge in [0.25, 0.3) is 0 Å². The smallest absolute Gasteiger partial charge is 0.235 e. The third kappa shape index (κ3) is 8.12. The maximum absolute atomic E-state index is 10.7. The van der Waals surface area contributed by atoms with E-state index < -0.39 is 11.9 Å². The molecule has 5 heteroatoms. The van der Waals surface area contributed by atoms with Gasteiger partial charge >= 0.3 is 0 Å². The van der Waals surface area contributed by atoms with Gasteiger partial charge in [-0.1, -0.05) is 13.8 Å². The van der Waals surface area contributed by atoms with Gasteiger partial charge in [0.1, 0.15) is 0 Å². The minimum atomic E-state index is -0.583. The fourth-order valence-corrected chi connectivity index (χ4v) is 1.69. The Morgan fingerprint density at radius 3 is 2.41 bits per heavy atom. The summed E-state index contributed by atoms with van der Waals surface area (Å²) in [6, 6.07) is -0.212. The van der Waals surface area contributed by atoms with Gasteiger partial charge in [-0.15, -0.1) is 0 Å². The molecule has 5 N–H and O–H groups in total. The number of hydrogen-bond donors (Lipinski definition) is 3. The van der Waals surface area contributed by atoms with Crippen molar-refractivity contribution in [1.29, 1.82) is 0 Å². The molecule has 0 fully saturated rings. The fourth-order valence-electron chi connectivity index (χ4n) is 1.69. The standard InChI is InChI=1S/C12H28N4O/c1-4-16(5-2)8-6-7-10(3)15-9-11(13)12(14)17/h10-11,15H,4-9,13H2,1-3H3,(H2,14,17). The molecular formula is C12H28N4O. The molecule has 0 rings (SSSR count). The van der Waals surface area contributed by atoms with Crippen LogP contribution in [0.4, 0.5) is 0 Å². The zero-order chi connectivity index (χ0) is 13.3. The first kappa shape index (κ1) is 16.4. The van der Waals surface area contributed by atoms with Gasteiger partial charge in [-0.3, -0.25) is 4.79 Å². The van der Waals surface area contributed by atoms with Gasteiger partial charge in [-0.05, 0) is 39.4 Å². The molecule has 0 aliphatic carbocycles. The second-order valence-electron chi connectivity index (χ2n) is 4.49. The first-order valence-electron chi connectivity index (χ1n) is 6.51. The predicted molar refractivity (Wildman–Crippen MR) is 71.7 cm³/mol. The van der Waals surface area contributed by atoms with E-state index in [9.17, 15) is 4.79 Å². The molecule has 0 aromatic rings. The van der Waals surface area contributed by atoms with Crippen molar-refractivity contribution in [3.63, 3.8) is 0 Å². The molecule has 1 amide bonds. The van der Waals surface area contributed by atoms with Crippen molar-refractivity contribution in [2.24, 2.45) is 11.5 Å². The van der Waals surface area contributed by atoms with Gasteiger partial charge in [0.2, 0.25) is 5.91 Å². The molecule has 0 saturated heterocycles. The van der Waals surface area contributed by atoms with Gasteiger partial charge < -0.3 is 21.7 Å². The SMILES string of the molecule is CCN(CC)CCCC(C)NCC(N)C(N)=O. The van der Waals surface area contributed by atoms with Crippen molar-refractivity contribution in [1.82, 2.24) is 10.2 Å². The van der Waals surface area contributed by atoms with Crippen molar-refractivity contribution < 1.29 is 4.79 Å². The van der Waals surface area contributed by atoms with E-state index in [4.69, 9.17) is 11.5 Å². The summed E-state index contributed by atoms with van der Waals surface area (Å²) in [6.07, 6.45) is 2.24. The molecule has 0 saturated carbocycles. The number of hydrogen-bond acceptors (Lipinski definition) is 4. The van der Waals surface area contributed by atoms with Crippen LogP contribution >= 0.6 is 0 Å². The van der Waals surface area contributed by atoms with E-state index >= 15 is 0 Å². The molecule has 2 atom stereocenters. The maximum Gasteiger partial charge on any atom is 0.235 e. The highest BCUT2D eigenvalue weighted by atomic mass is 16.1. The van der Waals surface area contributed by atoms with Crippen LogP contribution < -0.4 is 16.8 Å². The van der Waals surface area contributed by atoms with Crippen molar-refractivity contribution in [3.8, 4) is 0 Å². The lowest BCUT2D eigenvalue weighted by molar-refractivity contribution is -0.119. The number of nitrogens with two attached hydrogens (primary N) is 2. The Bertz CT molecular complexity index is 207. The Hall–Kier alpha value is -0.650. The third-order valence-electron chi connectivity index (χ3n) is 3.06. The Morgan fingerprint density at radius 2 is 1.94 bits per heavy atom. The summed E-state index contributed by atoms with van der Waals surface area (Å²) in [7, 11) is 0. The van der Waals surface area contributed by atoms with E-state index in [-0.39, 0.29) is 0 Å². The van der Waals surface area contributed by atoms with Crippen molar-refractivity contribution in [2.45, 2.75) is 45.7 Å². The molecule has 0 aliphatic heterocycles. The Kier molecular flexibility index (Phi) is 9.03. The average Bonchev–Trinajstić information content (AvgIpc) is 2.31. The number of carbonyl (C=O) groups is 1. The Balaban J connectivity index is 3.59. The number of nitrogens with zero attached hydrogens (tertiary/aromatic N) is 1. The van der Waals surface area contributed by atoms with Crippen molar-refractivity contribution in [3.05, 3.63) is 0 Å². The van der Waals surface area contributed by atoms with Crippen LogP contribution in [0, 0.1) is 0 Å². The summed E-state index contributed by atoms with van der Waals surface area (Å²) in [5.41, 5.74) is 10.6. The summed E-state index contributed by atoms with van der Waals surface area (Å²) in [5, 5.41) is 3.23. The van der Waals surface area contributed by atoms with Gasteiger partial charge in [0.05, 0.1) is 6.04 Å². The number of primary amides is 1. The number of rotatable bonds is 10. The molecule has 0 aliphatic rings. The molecule has 17 heavy (non-hydrogen) atoms. The van der Waals surface area contributed by atoms with Crippen LogP contribution in [0.15, 0.2) is 0 Å². The molecule has 102 valence electrons. The first-order chi connectivity index (χ1) is 8.01. The van der Waals surface area contributed by atoms with E-state index in [1.807, 2.05) is 0 Å². The normalized spacial score (nSPS) is 14.9. The molecule has 0 heterocycles. The summed E-state index contributed by atoms with van der Waals surface area (Å²) in [6.45, 7) is 10.3. The van der Waals surface area contributed by atoms with Gasteiger partial charge in [-0.25, -0.2) is 0 Å². The average molecular weight is 244 g/mol. The minimum absolute atomic E-state index is 0.371. The van der Waals surface area contributed by atoms with E-state index in [0.717, 1.165) is 32.5 Å². The monoisotopic (exact) mass is 244 g/mol. The van der Waals surface area contributed by atoms with Crippen LogP contribution in [0.2, 0.25) is 0 Å². The fraction of sp³-hybridized carbons (Fsp3) is 0.917. The molecule has 5 nitrogen and oxygen atoms in total. The molecule has 0 aromatic heterocycles. The third-order valence-corrected chi connectivity index (χ3v) is 3.06. The highest BCUT2D eigenvalue weighted by Crippen LogP contribution is 1.99. The summed E-state index contributed by atoms with van der Waals surface area (Å²) in [4.78, 5) is 13.1. The quantitative estimate of drug-likeness (QED) is 0.501. The molecule has 0 radical (unpaired) electrons. The number of amides is 1. The molecule has 2 unspecified atom stereocenters. The lowest BCUT2D eigenvalue weighted by atomic mass is 10.1. The lowest BCUT2D eigenvalue weighted by Crippen LogP contribution is -2.46. The van der Waals surface area contributed by atoms with Gasteiger partial charge in [0.15, 0.2) is 0 Å². The maximum atomic E-state index is 10.7. The van der Waals surface area contributed by atoms with Crippen LogP contribution in [0.3, 0.4) is 0 Å². The van der Waals surface area contributed by atoms with E-state index in [2.05, 4.69) is 31.0 Å². The highest BCUT2D eigenvalue weighted by Gasteiger charge is 2.10. The number of nitrogens with one attached hydrogen (secondary N) is 1. The second-order valence-corrected chi connectivity index (χ2v) is 4.49.